The Labute approximate surface area is 107 Å². The first kappa shape index (κ1) is 13.4. The predicted octanol–water partition coefficient (Wildman–Crippen LogP) is 2.89. The van der Waals surface area contributed by atoms with Crippen molar-refractivity contribution >= 4 is 0 Å². The molecule has 0 heterocycles. The number of hydrogen-bond acceptors (Lipinski definition) is 2. The van der Waals surface area contributed by atoms with Crippen LogP contribution in [-0.2, 0) is 0 Å². The molecule has 0 aromatic rings. The highest BCUT2D eigenvalue weighted by Gasteiger charge is 2.29. The Bertz CT molecular complexity index is 229. The molecule has 0 bridgehead atoms. The standard InChI is InChI=1S/C15H30N2/c1-4-9-17(10-13-5-6-13)12-15(2,3)11-16-14-7-8-14/h13-14,16H,4-12H2,1-3H3. The molecule has 17 heavy (non-hydrogen) atoms. The Morgan fingerprint density at radius 1 is 1.18 bits per heavy atom. The van der Waals surface area contributed by atoms with Gasteiger partial charge in [-0.3, -0.25) is 0 Å². The van der Waals surface area contributed by atoms with Crippen molar-refractivity contribution < 1.29 is 0 Å². The Morgan fingerprint density at radius 3 is 2.41 bits per heavy atom. The summed E-state index contributed by atoms with van der Waals surface area (Å²) >= 11 is 0. The van der Waals surface area contributed by atoms with Crippen molar-refractivity contribution in [1.82, 2.24) is 10.2 Å². The molecule has 2 nitrogen and oxygen atoms in total. The van der Waals surface area contributed by atoms with Gasteiger partial charge in [-0.05, 0) is 50.0 Å². The van der Waals surface area contributed by atoms with Crippen LogP contribution in [0.1, 0.15) is 52.9 Å². The fraction of sp³-hybridized carbons (Fsp3) is 1.00. The van der Waals surface area contributed by atoms with Gasteiger partial charge in [0.2, 0.25) is 0 Å². The first-order chi connectivity index (χ1) is 8.09. The Hall–Kier alpha value is -0.0800. The molecule has 0 unspecified atom stereocenters. The summed E-state index contributed by atoms with van der Waals surface area (Å²) in [6.45, 7) is 12.2. The second-order valence-corrected chi connectivity index (χ2v) is 7.00. The summed E-state index contributed by atoms with van der Waals surface area (Å²) in [5.41, 5.74) is 0.423. The third-order valence-corrected chi connectivity index (χ3v) is 3.85. The topological polar surface area (TPSA) is 15.3 Å². The first-order valence-corrected chi connectivity index (χ1v) is 7.55. The van der Waals surface area contributed by atoms with Gasteiger partial charge < -0.3 is 10.2 Å². The number of hydrogen-bond donors (Lipinski definition) is 1. The van der Waals surface area contributed by atoms with E-state index in [1.54, 1.807) is 0 Å². The second kappa shape index (κ2) is 5.71. The van der Waals surface area contributed by atoms with Gasteiger partial charge in [0.05, 0.1) is 0 Å². The van der Waals surface area contributed by atoms with Crippen LogP contribution in [0, 0.1) is 11.3 Å². The van der Waals surface area contributed by atoms with Crippen LogP contribution in [0.2, 0.25) is 0 Å². The second-order valence-electron chi connectivity index (χ2n) is 7.00. The van der Waals surface area contributed by atoms with E-state index in [2.05, 4.69) is 31.0 Å². The van der Waals surface area contributed by atoms with Gasteiger partial charge in [0.1, 0.15) is 0 Å². The average molecular weight is 238 g/mol. The fourth-order valence-corrected chi connectivity index (χ4v) is 2.59. The van der Waals surface area contributed by atoms with E-state index in [1.807, 2.05) is 0 Å². The molecule has 2 aliphatic carbocycles. The zero-order chi connectivity index (χ0) is 12.3. The molecule has 2 saturated carbocycles. The molecule has 2 heteroatoms. The average Bonchev–Trinajstić information content (AvgIpc) is 3.10. The molecule has 0 saturated heterocycles. The summed E-state index contributed by atoms with van der Waals surface area (Å²) in [5, 5.41) is 3.69. The molecule has 1 N–H and O–H groups in total. The lowest BCUT2D eigenvalue weighted by atomic mass is 9.92. The zero-order valence-corrected chi connectivity index (χ0v) is 12.0. The number of rotatable bonds is 9. The lowest BCUT2D eigenvalue weighted by molar-refractivity contribution is 0.168. The van der Waals surface area contributed by atoms with Crippen LogP contribution in [0.25, 0.3) is 0 Å². The van der Waals surface area contributed by atoms with E-state index in [9.17, 15) is 0 Å². The minimum atomic E-state index is 0.423. The van der Waals surface area contributed by atoms with Gasteiger partial charge >= 0.3 is 0 Å². The highest BCUT2D eigenvalue weighted by Crippen LogP contribution is 2.31. The summed E-state index contributed by atoms with van der Waals surface area (Å²) in [6, 6.07) is 0.845. The van der Waals surface area contributed by atoms with E-state index in [0.29, 0.717) is 5.41 Å². The Kier molecular flexibility index (Phi) is 4.48. The van der Waals surface area contributed by atoms with Crippen molar-refractivity contribution in [3.05, 3.63) is 0 Å². The van der Waals surface area contributed by atoms with E-state index in [1.165, 1.54) is 58.3 Å². The Balaban J connectivity index is 1.72. The van der Waals surface area contributed by atoms with Crippen molar-refractivity contribution in [2.75, 3.05) is 26.2 Å². The molecule has 2 aliphatic rings. The summed E-state index contributed by atoms with van der Waals surface area (Å²) in [6.07, 6.45) is 7.04. The highest BCUT2D eigenvalue weighted by molar-refractivity contribution is 4.86. The zero-order valence-electron chi connectivity index (χ0n) is 12.0. The number of nitrogens with zero attached hydrogens (tertiary/aromatic N) is 1. The monoisotopic (exact) mass is 238 g/mol. The van der Waals surface area contributed by atoms with Gasteiger partial charge in [-0.2, -0.15) is 0 Å². The van der Waals surface area contributed by atoms with Crippen LogP contribution in [0.3, 0.4) is 0 Å². The van der Waals surface area contributed by atoms with Crippen LogP contribution >= 0.6 is 0 Å². The normalized spacial score (nSPS) is 21.2. The summed E-state index contributed by atoms with van der Waals surface area (Å²) in [7, 11) is 0. The maximum absolute atomic E-state index is 3.69. The van der Waals surface area contributed by atoms with Crippen LogP contribution in [-0.4, -0.2) is 37.1 Å². The SMILES string of the molecule is CCCN(CC1CC1)CC(C)(C)CNC1CC1. The van der Waals surface area contributed by atoms with Crippen molar-refractivity contribution in [2.45, 2.75) is 58.9 Å². The predicted molar refractivity (Wildman–Crippen MR) is 74.3 cm³/mol. The number of nitrogens with one attached hydrogen (secondary N) is 1. The van der Waals surface area contributed by atoms with E-state index in [0.717, 1.165) is 12.0 Å². The molecule has 0 atom stereocenters. The molecule has 2 rings (SSSR count). The highest BCUT2D eigenvalue weighted by atomic mass is 15.1. The molecule has 0 aromatic carbocycles. The first-order valence-electron chi connectivity index (χ1n) is 7.55. The molecule has 0 aliphatic heterocycles. The third-order valence-electron chi connectivity index (χ3n) is 3.85. The van der Waals surface area contributed by atoms with Crippen LogP contribution in [0.15, 0.2) is 0 Å². The minimum absolute atomic E-state index is 0.423. The lowest BCUT2D eigenvalue weighted by Gasteiger charge is -2.33. The van der Waals surface area contributed by atoms with Gasteiger partial charge in [-0.25, -0.2) is 0 Å². The van der Waals surface area contributed by atoms with Crippen LogP contribution in [0.5, 0.6) is 0 Å². The van der Waals surface area contributed by atoms with Crippen molar-refractivity contribution in [2.24, 2.45) is 11.3 Å². The maximum atomic E-state index is 3.69. The summed E-state index contributed by atoms with van der Waals surface area (Å²) < 4.78 is 0. The molecule has 2 fully saturated rings. The molecule has 0 amide bonds. The van der Waals surface area contributed by atoms with Gasteiger partial charge in [0.25, 0.3) is 0 Å². The van der Waals surface area contributed by atoms with Crippen molar-refractivity contribution in [1.29, 1.82) is 0 Å². The maximum Gasteiger partial charge on any atom is 0.00684 e. The van der Waals surface area contributed by atoms with Gasteiger partial charge in [0.15, 0.2) is 0 Å². The van der Waals surface area contributed by atoms with Crippen molar-refractivity contribution in [3.8, 4) is 0 Å². The van der Waals surface area contributed by atoms with Gasteiger partial charge in [-0.15, -0.1) is 0 Å². The van der Waals surface area contributed by atoms with Crippen LogP contribution < -0.4 is 5.32 Å². The Morgan fingerprint density at radius 2 is 1.88 bits per heavy atom. The largest absolute Gasteiger partial charge is 0.313 e. The van der Waals surface area contributed by atoms with E-state index in [-0.39, 0.29) is 0 Å². The molecular weight excluding hydrogens is 208 g/mol. The molecule has 0 spiro atoms. The minimum Gasteiger partial charge on any atom is -0.313 e. The third kappa shape index (κ3) is 5.39. The molecule has 0 radical (unpaired) electrons. The quantitative estimate of drug-likeness (QED) is 0.664. The molecule has 100 valence electrons. The summed E-state index contributed by atoms with van der Waals surface area (Å²) in [5.74, 6) is 1.02. The smallest absolute Gasteiger partial charge is 0.00684 e. The molecular formula is C15H30N2. The van der Waals surface area contributed by atoms with Crippen molar-refractivity contribution in [3.63, 3.8) is 0 Å². The lowest BCUT2D eigenvalue weighted by Crippen LogP contribution is -2.42. The van der Waals surface area contributed by atoms with Gasteiger partial charge in [0, 0.05) is 25.7 Å². The molecule has 0 aromatic heterocycles. The van der Waals surface area contributed by atoms with Crippen LogP contribution in [0.4, 0.5) is 0 Å². The van der Waals surface area contributed by atoms with E-state index < -0.39 is 0 Å². The fourth-order valence-electron chi connectivity index (χ4n) is 2.59. The van der Waals surface area contributed by atoms with E-state index >= 15 is 0 Å². The van der Waals surface area contributed by atoms with E-state index in [4.69, 9.17) is 0 Å². The summed E-state index contributed by atoms with van der Waals surface area (Å²) in [4.78, 5) is 2.70. The van der Waals surface area contributed by atoms with Gasteiger partial charge in [-0.1, -0.05) is 20.8 Å².